The summed E-state index contributed by atoms with van der Waals surface area (Å²) in [5.41, 5.74) is 1.88. The van der Waals surface area contributed by atoms with Crippen molar-refractivity contribution in [3.63, 3.8) is 0 Å². The van der Waals surface area contributed by atoms with Crippen molar-refractivity contribution in [3.05, 3.63) is 17.5 Å². The van der Waals surface area contributed by atoms with E-state index in [0.717, 1.165) is 25.1 Å². The quantitative estimate of drug-likeness (QED) is 0.907. The van der Waals surface area contributed by atoms with Crippen molar-refractivity contribution in [3.8, 4) is 0 Å². The van der Waals surface area contributed by atoms with E-state index in [1.165, 1.54) is 19.3 Å². The molecule has 5 nitrogen and oxygen atoms in total. The number of hydrogen-bond donors (Lipinski definition) is 1. The fourth-order valence-electron chi connectivity index (χ4n) is 5.66. The molecule has 2 aliphatic heterocycles. The zero-order valence-electron chi connectivity index (χ0n) is 15.4. The topological polar surface area (TPSA) is 52.2 Å². The Morgan fingerprint density at radius 3 is 2.71 bits per heavy atom. The average Bonchev–Trinajstić information content (AvgIpc) is 3.05. The molecule has 0 unspecified atom stereocenters. The number of rotatable bonds is 2. The molecule has 5 heteroatoms. The number of nitrogens with one attached hydrogen (secondary N) is 1. The van der Waals surface area contributed by atoms with Gasteiger partial charge in [-0.05, 0) is 38.3 Å². The third-order valence-electron chi connectivity index (χ3n) is 6.84. The van der Waals surface area contributed by atoms with Crippen LogP contribution in [0.4, 0.5) is 0 Å². The van der Waals surface area contributed by atoms with Crippen LogP contribution in [0.1, 0.15) is 75.0 Å². The summed E-state index contributed by atoms with van der Waals surface area (Å²) < 4.78 is 0. The molecule has 0 radical (unpaired) electrons. The minimum absolute atomic E-state index is 0.132. The van der Waals surface area contributed by atoms with Gasteiger partial charge < -0.3 is 9.80 Å². The lowest BCUT2D eigenvalue weighted by Gasteiger charge is -2.44. The molecule has 1 aromatic rings. The van der Waals surface area contributed by atoms with E-state index in [2.05, 4.69) is 47.8 Å². The molecule has 0 aromatic carbocycles. The van der Waals surface area contributed by atoms with E-state index in [-0.39, 0.29) is 11.3 Å². The second-order valence-electron chi connectivity index (χ2n) is 8.70. The van der Waals surface area contributed by atoms with Crippen LogP contribution >= 0.6 is 0 Å². The summed E-state index contributed by atoms with van der Waals surface area (Å²) in [6.45, 7) is 7.67. The number of likely N-dealkylation sites (tertiary alicyclic amines) is 2. The Bertz CT molecular complexity index is 639. The highest BCUT2D eigenvalue weighted by Gasteiger charge is 2.59. The maximum absolute atomic E-state index is 13.3. The number of carbonyl (C=O) groups is 1. The van der Waals surface area contributed by atoms with Gasteiger partial charge in [-0.3, -0.25) is 9.89 Å². The largest absolute Gasteiger partial charge is 0.329 e. The summed E-state index contributed by atoms with van der Waals surface area (Å²) in [5, 5.41) is 7.38. The lowest BCUT2D eigenvalue weighted by molar-refractivity contribution is 0.0576. The monoisotopic (exact) mass is 330 g/mol. The zero-order valence-corrected chi connectivity index (χ0v) is 15.4. The molecule has 0 spiro atoms. The fourth-order valence-corrected chi connectivity index (χ4v) is 5.66. The molecule has 2 saturated heterocycles. The van der Waals surface area contributed by atoms with Gasteiger partial charge in [-0.1, -0.05) is 33.6 Å². The average molecular weight is 330 g/mol. The van der Waals surface area contributed by atoms with Gasteiger partial charge in [0.2, 0.25) is 0 Å². The number of H-pyrrole nitrogens is 1. The van der Waals surface area contributed by atoms with Gasteiger partial charge >= 0.3 is 0 Å². The maximum Gasteiger partial charge on any atom is 0.274 e. The molecule has 1 amide bonds. The van der Waals surface area contributed by atoms with Crippen molar-refractivity contribution < 1.29 is 4.79 Å². The predicted octanol–water partition coefficient (Wildman–Crippen LogP) is 3.01. The Morgan fingerprint density at radius 2 is 2.04 bits per heavy atom. The van der Waals surface area contributed by atoms with Crippen LogP contribution < -0.4 is 0 Å². The lowest BCUT2D eigenvalue weighted by atomic mass is 9.71. The van der Waals surface area contributed by atoms with Crippen LogP contribution in [0.15, 0.2) is 6.07 Å². The molecule has 1 saturated carbocycles. The molecule has 1 aromatic heterocycles. The Balaban J connectivity index is 1.68. The van der Waals surface area contributed by atoms with Crippen LogP contribution in [0.2, 0.25) is 0 Å². The highest BCUT2D eigenvalue weighted by Crippen LogP contribution is 2.53. The molecule has 3 aliphatic rings. The molecule has 4 rings (SSSR count). The van der Waals surface area contributed by atoms with Crippen LogP contribution in [0.25, 0.3) is 0 Å². The van der Waals surface area contributed by atoms with Crippen LogP contribution in [-0.4, -0.2) is 57.6 Å². The molecule has 132 valence electrons. The van der Waals surface area contributed by atoms with Gasteiger partial charge in [0.15, 0.2) is 0 Å². The van der Waals surface area contributed by atoms with Crippen LogP contribution in [-0.2, 0) is 0 Å². The van der Waals surface area contributed by atoms with Crippen LogP contribution in [0.3, 0.4) is 0 Å². The summed E-state index contributed by atoms with van der Waals surface area (Å²) in [5.74, 6) is 0.496. The van der Waals surface area contributed by atoms with E-state index in [1.54, 1.807) is 0 Å². The predicted molar refractivity (Wildman–Crippen MR) is 94.0 cm³/mol. The SMILES string of the molecule is CC(C)c1cc(C(=O)N2[C@@H]3CN(C)[C@@H]4CCCC[C@H]2[C@]4(C)C3)n[nH]1. The second-order valence-corrected chi connectivity index (χ2v) is 8.70. The van der Waals surface area contributed by atoms with Crippen molar-refractivity contribution >= 4 is 5.91 Å². The summed E-state index contributed by atoms with van der Waals surface area (Å²) in [6.07, 6.45) is 6.09. The summed E-state index contributed by atoms with van der Waals surface area (Å²) in [4.78, 5) is 18.0. The van der Waals surface area contributed by atoms with E-state index in [4.69, 9.17) is 0 Å². The number of amides is 1. The van der Waals surface area contributed by atoms with Crippen molar-refractivity contribution in [2.24, 2.45) is 5.41 Å². The first-order chi connectivity index (χ1) is 11.4. The van der Waals surface area contributed by atoms with Crippen molar-refractivity contribution in [2.75, 3.05) is 13.6 Å². The fraction of sp³-hybridized carbons (Fsp3) is 0.789. The Hall–Kier alpha value is -1.36. The van der Waals surface area contributed by atoms with Crippen LogP contribution in [0, 0.1) is 5.41 Å². The minimum atomic E-state index is 0.132. The summed E-state index contributed by atoms with van der Waals surface area (Å²) in [7, 11) is 2.25. The van der Waals surface area contributed by atoms with Gasteiger partial charge in [0, 0.05) is 35.8 Å². The maximum atomic E-state index is 13.3. The normalized spacial score (nSPS) is 36.2. The number of likely N-dealkylation sites (N-methyl/N-ethyl adjacent to an activating group) is 1. The van der Waals surface area contributed by atoms with E-state index < -0.39 is 0 Å². The molecular weight excluding hydrogens is 300 g/mol. The number of aromatic nitrogens is 2. The van der Waals surface area contributed by atoms with Gasteiger partial charge in [0.05, 0.1) is 0 Å². The van der Waals surface area contributed by atoms with Gasteiger partial charge in [-0.25, -0.2) is 0 Å². The van der Waals surface area contributed by atoms with Gasteiger partial charge in [-0.2, -0.15) is 5.10 Å². The number of hydrogen-bond acceptors (Lipinski definition) is 3. The van der Waals surface area contributed by atoms with Crippen molar-refractivity contribution in [2.45, 2.75) is 76.9 Å². The first kappa shape index (κ1) is 16.1. The summed E-state index contributed by atoms with van der Waals surface area (Å²) in [6, 6.07) is 3.28. The third-order valence-corrected chi connectivity index (χ3v) is 6.84. The first-order valence-electron chi connectivity index (χ1n) is 9.50. The lowest BCUT2D eigenvalue weighted by Crippen LogP contribution is -2.51. The standard InChI is InChI=1S/C19H30N4O/c1-12(2)14-9-15(21-20-14)18(24)23-13-10-19(3)16(22(4)11-13)7-5-6-8-17(19)23/h9,12-13,16-17H,5-8,10-11H2,1-4H3,(H,20,21)/t13-,16+,17-,19+/m0/s1. The Morgan fingerprint density at radius 1 is 1.33 bits per heavy atom. The second kappa shape index (κ2) is 5.58. The molecule has 1 N–H and O–H groups in total. The zero-order chi connectivity index (χ0) is 17.1. The number of aromatic amines is 1. The number of fused-ring (bicyclic) bond motifs is 1. The first-order valence-corrected chi connectivity index (χ1v) is 9.50. The van der Waals surface area contributed by atoms with E-state index in [1.807, 2.05) is 6.07 Å². The Kier molecular flexibility index (Phi) is 3.75. The Labute approximate surface area is 144 Å². The molecule has 24 heavy (non-hydrogen) atoms. The summed E-state index contributed by atoms with van der Waals surface area (Å²) >= 11 is 0. The highest BCUT2D eigenvalue weighted by atomic mass is 16.2. The van der Waals surface area contributed by atoms with Gasteiger partial charge in [0.1, 0.15) is 5.69 Å². The third kappa shape index (κ3) is 2.24. The van der Waals surface area contributed by atoms with Crippen molar-refractivity contribution in [1.29, 1.82) is 0 Å². The highest BCUT2D eigenvalue weighted by molar-refractivity contribution is 5.93. The molecule has 4 atom stereocenters. The van der Waals surface area contributed by atoms with E-state index in [9.17, 15) is 4.79 Å². The molecule has 3 heterocycles. The van der Waals surface area contributed by atoms with Gasteiger partial charge in [-0.15, -0.1) is 0 Å². The smallest absolute Gasteiger partial charge is 0.274 e. The van der Waals surface area contributed by atoms with E-state index in [0.29, 0.717) is 29.7 Å². The molecule has 3 fully saturated rings. The number of piperidine rings is 1. The number of nitrogens with zero attached hydrogens (tertiary/aromatic N) is 3. The van der Waals surface area contributed by atoms with Crippen molar-refractivity contribution in [1.82, 2.24) is 20.0 Å². The van der Waals surface area contributed by atoms with Crippen LogP contribution in [0.5, 0.6) is 0 Å². The molecule has 2 bridgehead atoms. The molecule has 1 aliphatic carbocycles. The van der Waals surface area contributed by atoms with E-state index >= 15 is 0 Å². The number of carbonyl (C=O) groups excluding carboxylic acids is 1. The minimum Gasteiger partial charge on any atom is -0.329 e. The molecular formula is C19H30N4O. The van der Waals surface area contributed by atoms with Gasteiger partial charge in [0.25, 0.3) is 5.91 Å².